The molecule has 118 heavy (non-hydrogen) atoms. The number of aromatic amines is 5. The summed E-state index contributed by atoms with van der Waals surface area (Å²) in [5, 5.41) is 8.14. The summed E-state index contributed by atoms with van der Waals surface area (Å²) < 4.78 is 26.5. The molecule has 24 heteroatoms. The minimum Gasteiger partial charge on any atom is -0.461 e. The highest BCUT2D eigenvalue weighted by Gasteiger charge is 2.39. The van der Waals surface area contributed by atoms with Crippen molar-refractivity contribution in [3.8, 4) is 0 Å². The Morgan fingerprint density at radius 1 is 0.390 bits per heavy atom. The van der Waals surface area contributed by atoms with Gasteiger partial charge < -0.3 is 48.6 Å². The van der Waals surface area contributed by atoms with Gasteiger partial charge in [-0.2, -0.15) is 0 Å². The van der Waals surface area contributed by atoms with Crippen LogP contribution in [0, 0.1) is 34.6 Å². The van der Waals surface area contributed by atoms with Crippen LogP contribution in [0.1, 0.15) is 325 Å². The third-order valence-electron chi connectivity index (χ3n) is 22.8. The molecule has 9 aromatic heterocycles. The number of Topliss-reactive ketones (excluding diaryl/α,β-unsaturated/α-hetero) is 5. The number of thiophene rings is 4. The maximum absolute atomic E-state index is 12.7. The minimum absolute atomic E-state index is 0.0341. The van der Waals surface area contributed by atoms with Gasteiger partial charge in [0.25, 0.3) is 0 Å². The number of ether oxygens (including phenoxy) is 5. The third-order valence-corrected chi connectivity index (χ3v) is 27.0. The van der Waals surface area contributed by atoms with Crippen LogP contribution in [0.3, 0.4) is 0 Å². The number of nitrogens with one attached hydrogen (secondary N) is 5. The lowest BCUT2D eigenvalue weighted by Crippen LogP contribution is -2.18. The molecule has 0 bridgehead atoms. The summed E-state index contributed by atoms with van der Waals surface area (Å²) in [5.74, 6) is -0.329. The van der Waals surface area contributed by atoms with E-state index in [-0.39, 0.29) is 95.2 Å². The van der Waals surface area contributed by atoms with Gasteiger partial charge in [-0.15, -0.1) is 45.3 Å². The maximum atomic E-state index is 12.7. The van der Waals surface area contributed by atoms with E-state index in [0.717, 1.165) is 138 Å². The molecule has 5 atom stereocenters. The van der Waals surface area contributed by atoms with Gasteiger partial charge in [0.05, 0.1) is 19.3 Å². The Morgan fingerprint density at radius 3 is 1.12 bits per heavy atom. The van der Waals surface area contributed by atoms with E-state index in [2.05, 4.69) is 56.1 Å². The van der Waals surface area contributed by atoms with E-state index in [4.69, 9.17) is 23.7 Å². The lowest BCUT2D eigenvalue weighted by atomic mass is 9.81. The van der Waals surface area contributed by atoms with E-state index in [1.165, 1.54) is 19.5 Å². The van der Waals surface area contributed by atoms with E-state index < -0.39 is 11.9 Å². The van der Waals surface area contributed by atoms with E-state index in [1.807, 2.05) is 149 Å². The quantitative estimate of drug-likeness (QED) is 0.0394. The molecule has 2 aromatic carbocycles. The van der Waals surface area contributed by atoms with E-state index in [0.29, 0.717) is 107 Å². The van der Waals surface area contributed by atoms with Gasteiger partial charge in [0.2, 0.25) is 0 Å². The molecule has 6 aliphatic carbocycles. The average molecular weight is 1670 g/mol. The van der Waals surface area contributed by atoms with E-state index in [1.54, 1.807) is 59.2 Å². The summed E-state index contributed by atoms with van der Waals surface area (Å²) in [7, 11) is 0. The van der Waals surface area contributed by atoms with Gasteiger partial charge in [-0.3, -0.25) is 24.0 Å². The number of rotatable bonds is 18. The number of esters is 5. The SMILES string of the molecule is CCCc1c(C(=O)OCC)[nH]c2c1C(=O)CC(c1cccs1)C2.CCOC(=O)c1[nH]c2c(c1C)C(=O)CC(c1ccccc1)C2.Cc1c(C(=O)OC(C)C)[nH]c2c1C(=O)CC(c1cccs1)C2.Cc1c(C(=O)OC2CCCC2)[nH]c2c1C(=O)CC(c1cccs1)C2.Cc1ccc(COC(=O)c2[nH]c3c(c2C)C(=O)CC(c2cccs2)C3)cc1. The summed E-state index contributed by atoms with van der Waals surface area (Å²) in [6.07, 6.45) is 11.9. The fourth-order valence-electron chi connectivity index (χ4n) is 17.2. The number of aromatic nitrogens is 5. The minimum atomic E-state index is -0.414. The zero-order valence-electron chi connectivity index (χ0n) is 68.4. The third kappa shape index (κ3) is 19.2. The smallest absolute Gasteiger partial charge is 0.355 e. The largest absolute Gasteiger partial charge is 0.461 e. The normalized spacial score (nSPS) is 17.8. The molecule has 17 rings (SSSR count). The van der Waals surface area contributed by atoms with Crippen LogP contribution in [0.4, 0.5) is 0 Å². The Bertz CT molecular complexity index is 5450. The van der Waals surface area contributed by atoms with Gasteiger partial charge in [0.1, 0.15) is 41.2 Å². The van der Waals surface area contributed by atoms with Crippen molar-refractivity contribution >= 4 is 104 Å². The molecule has 1 saturated carbocycles. The monoisotopic (exact) mass is 1670 g/mol. The fraction of sp³-hybridized carbons (Fsp3) is 0.383. The topological polar surface area (TPSA) is 296 Å². The number of H-pyrrole nitrogens is 5. The zero-order chi connectivity index (χ0) is 83.6. The Hall–Kier alpha value is -10.7. The van der Waals surface area contributed by atoms with Crippen molar-refractivity contribution in [1.82, 2.24) is 24.9 Å². The van der Waals surface area contributed by atoms with Crippen molar-refractivity contribution < 1.29 is 71.6 Å². The second-order valence-electron chi connectivity index (χ2n) is 31.4. The van der Waals surface area contributed by atoms with E-state index in [9.17, 15) is 47.9 Å². The molecule has 11 aromatic rings. The number of ketones is 5. The lowest BCUT2D eigenvalue weighted by Gasteiger charge is -2.22. The molecule has 0 amide bonds. The molecular weight excluding hydrogens is 1570 g/mol. The predicted octanol–water partition coefficient (Wildman–Crippen LogP) is 20.8. The van der Waals surface area contributed by atoms with Crippen LogP contribution in [0.2, 0.25) is 0 Å². The highest BCUT2D eigenvalue weighted by atomic mass is 32.1. The van der Waals surface area contributed by atoms with Gasteiger partial charge in [-0.05, 0) is 217 Å². The van der Waals surface area contributed by atoms with Crippen molar-refractivity contribution in [3.05, 3.63) is 273 Å². The van der Waals surface area contributed by atoms with Crippen molar-refractivity contribution in [2.24, 2.45) is 0 Å². The number of benzene rings is 2. The fourth-order valence-corrected chi connectivity index (χ4v) is 20.5. The Kier molecular flexibility index (Phi) is 27.7. The predicted molar refractivity (Wildman–Crippen MR) is 458 cm³/mol. The molecule has 616 valence electrons. The summed E-state index contributed by atoms with van der Waals surface area (Å²) in [6, 6.07) is 34.3. The summed E-state index contributed by atoms with van der Waals surface area (Å²) in [4.78, 5) is 145. The summed E-state index contributed by atoms with van der Waals surface area (Å²) in [5.41, 5.74) is 17.0. The molecule has 5 unspecified atom stereocenters. The maximum Gasteiger partial charge on any atom is 0.355 e. The lowest BCUT2D eigenvalue weighted by molar-refractivity contribution is 0.0307. The van der Waals surface area contributed by atoms with Gasteiger partial charge >= 0.3 is 29.8 Å². The van der Waals surface area contributed by atoms with Gasteiger partial charge in [-0.25, -0.2) is 24.0 Å². The molecule has 9 heterocycles. The molecule has 1 fully saturated rings. The van der Waals surface area contributed by atoms with Crippen molar-refractivity contribution in [1.29, 1.82) is 0 Å². The number of carbonyl (C=O) groups is 10. The highest BCUT2D eigenvalue weighted by Crippen LogP contribution is 2.43. The van der Waals surface area contributed by atoms with E-state index >= 15 is 0 Å². The average Bonchev–Trinajstić information content (AvgIpc) is 1.65. The first kappa shape index (κ1) is 85.2. The molecule has 0 spiro atoms. The van der Waals surface area contributed by atoms with Crippen LogP contribution in [-0.4, -0.2) is 109 Å². The van der Waals surface area contributed by atoms with Crippen molar-refractivity contribution in [2.45, 2.75) is 220 Å². The summed E-state index contributed by atoms with van der Waals surface area (Å²) in [6.45, 7) is 19.4. The zero-order valence-corrected chi connectivity index (χ0v) is 71.6. The number of aryl methyl sites for hydroxylation is 1. The molecule has 20 nitrogen and oxygen atoms in total. The molecule has 0 saturated heterocycles. The van der Waals surface area contributed by atoms with Gasteiger partial charge in [0.15, 0.2) is 28.9 Å². The van der Waals surface area contributed by atoms with Crippen molar-refractivity contribution in [2.75, 3.05) is 13.2 Å². The summed E-state index contributed by atoms with van der Waals surface area (Å²) >= 11 is 6.72. The van der Waals surface area contributed by atoms with Crippen LogP contribution in [0.25, 0.3) is 0 Å². The first-order valence-electron chi connectivity index (χ1n) is 40.8. The van der Waals surface area contributed by atoms with Crippen LogP contribution in [0.5, 0.6) is 0 Å². The molecule has 5 N–H and O–H groups in total. The Labute approximate surface area is 703 Å². The van der Waals surface area contributed by atoms with Crippen LogP contribution >= 0.6 is 45.3 Å². The molecular formula is C94H101N5O15S4. The first-order valence-corrected chi connectivity index (χ1v) is 44.3. The highest BCUT2D eigenvalue weighted by molar-refractivity contribution is 7.10. The number of hydrogen-bond acceptors (Lipinski definition) is 19. The standard InChI is InChI=1S/C22H21NO3S.C19H21NO3S.C18H21NO3S.C18H19NO3.C17H19NO3S/c1-13-5-7-15(8-6-13)12-26-22(25)21-14(2)20-17(23-21)10-16(11-18(20)24)19-4-3-9-27-19;1-11-17-14(9-12(10-15(17)21)16-7-4-8-24-16)20-18(11)19(22)23-13-5-2-3-6-13;1-3-6-12-16-13(19-17(12)18(21)22-4-2)9-11(10-14(16)20)15-7-5-8-23-15;1-3-22-18(21)17-11(2)16-14(19-17)9-13(10-15(16)20)12-7-5-4-6-8-12;1-9(2)21-17(20)16-10(3)15-12(18-16)7-11(8-13(15)19)14-5-4-6-22-14/h3-9,16,23H,10-12H2,1-2H3;4,7-8,12-13,20H,2-3,5-6,9-10H2,1H3;5,7-8,11,19H,3-4,6,9-10H2,1-2H3;4-8,13,19H,3,9-10H2,1-2H3;4-6,9,11,18H,7-8H2,1-3H3. The Morgan fingerprint density at radius 2 is 0.737 bits per heavy atom. The molecule has 0 radical (unpaired) electrons. The van der Waals surface area contributed by atoms with Gasteiger partial charge in [0, 0.05) is 132 Å². The van der Waals surface area contributed by atoms with Crippen LogP contribution in [0.15, 0.2) is 125 Å². The van der Waals surface area contributed by atoms with Crippen molar-refractivity contribution in [3.63, 3.8) is 0 Å². The number of fused-ring (bicyclic) bond motifs is 5. The van der Waals surface area contributed by atoms with Crippen LogP contribution < -0.4 is 0 Å². The Balaban J connectivity index is 0.000000128. The van der Waals surface area contributed by atoms with Crippen LogP contribution in [-0.2, 0) is 68.8 Å². The second-order valence-corrected chi connectivity index (χ2v) is 35.3. The molecule has 6 aliphatic rings. The number of hydrogen-bond donors (Lipinski definition) is 5. The van der Waals surface area contributed by atoms with Gasteiger partial charge in [-0.1, -0.05) is 97.8 Å². The second kappa shape index (κ2) is 38.4. The number of carbonyl (C=O) groups excluding carboxylic acids is 10. The molecule has 0 aliphatic heterocycles. The first-order chi connectivity index (χ1) is 56.9.